The minimum atomic E-state index is -4.51. The highest BCUT2D eigenvalue weighted by atomic mass is 35.5. The van der Waals surface area contributed by atoms with Crippen LogP contribution in [0.3, 0.4) is 0 Å². The van der Waals surface area contributed by atoms with Crippen molar-refractivity contribution < 1.29 is 35.3 Å². The summed E-state index contributed by atoms with van der Waals surface area (Å²) in [6.45, 7) is 2.95. The third-order valence-corrected chi connectivity index (χ3v) is 8.11. The van der Waals surface area contributed by atoms with Gasteiger partial charge in [-0.1, -0.05) is 12.1 Å². The number of halogens is 1. The summed E-state index contributed by atoms with van der Waals surface area (Å²) in [5, 5.41) is 6.33. The molecule has 0 saturated carbocycles. The van der Waals surface area contributed by atoms with Gasteiger partial charge in [-0.3, -0.25) is 0 Å². The van der Waals surface area contributed by atoms with Gasteiger partial charge in [0.05, 0.1) is 18.1 Å². The van der Waals surface area contributed by atoms with Crippen LogP contribution in [0.15, 0.2) is 57.4 Å². The van der Waals surface area contributed by atoms with Crippen LogP contribution in [0.25, 0.3) is 0 Å². The van der Waals surface area contributed by atoms with Crippen LogP contribution in [0.4, 0.5) is 0 Å². The van der Waals surface area contributed by atoms with E-state index in [1.807, 2.05) is 0 Å². The summed E-state index contributed by atoms with van der Waals surface area (Å²) in [6.07, 6.45) is 0.461. The molecular formula is C21H29ClN4O8S2. The third-order valence-electron chi connectivity index (χ3n) is 4.71. The van der Waals surface area contributed by atoms with Crippen LogP contribution in [-0.2, 0) is 29.5 Å². The molecule has 12 nitrogen and oxygen atoms in total. The summed E-state index contributed by atoms with van der Waals surface area (Å²) in [7, 11) is -8.62. The maximum atomic E-state index is 13.1. The van der Waals surface area contributed by atoms with E-state index in [4.69, 9.17) is 30.0 Å². The first-order chi connectivity index (χ1) is 16.6. The van der Waals surface area contributed by atoms with Crippen molar-refractivity contribution in [2.24, 2.45) is 16.6 Å². The lowest BCUT2D eigenvalue weighted by Crippen LogP contribution is -2.43. The van der Waals surface area contributed by atoms with E-state index in [1.165, 1.54) is 36.4 Å². The Morgan fingerprint density at radius 1 is 1.08 bits per heavy atom. The molecular weight excluding hydrogens is 536 g/mol. The lowest BCUT2D eigenvalue weighted by molar-refractivity contribution is 0.0784. The van der Waals surface area contributed by atoms with Gasteiger partial charge in [0.25, 0.3) is 0 Å². The number of oxime groups is 1. The van der Waals surface area contributed by atoms with Gasteiger partial charge in [-0.15, -0.1) is 12.4 Å². The van der Waals surface area contributed by atoms with E-state index in [1.54, 1.807) is 13.0 Å². The van der Waals surface area contributed by atoms with E-state index in [9.17, 15) is 16.8 Å². The Kier molecular flexibility index (Phi) is 10.6. The molecule has 1 heterocycles. The number of sulfone groups is 1. The fraction of sp³-hybridized carbons (Fsp3) is 0.381. The van der Waals surface area contributed by atoms with E-state index in [2.05, 4.69) is 10.5 Å². The van der Waals surface area contributed by atoms with Crippen molar-refractivity contribution in [2.75, 3.05) is 32.9 Å². The van der Waals surface area contributed by atoms with E-state index >= 15 is 0 Å². The van der Waals surface area contributed by atoms with Crippen molar-refractivity contribution in [1.29, 1.82) is 0 Å². The second kappa shape index (κ2) is 13.0. The number of nitrogens with one attached hydrogen (secondary N) is 1. The second-order valence-electron chi connectivity index (χ2n) is 7.57. The molecule has 0 aromatic heterocycles. The van der Waals surface area contributed by atoms with Gasteiger partial charge in [0.1, 0.15) is 23.0 Å². The van der Waals surface area contributed by atoms with Crippen LogP contribution in [0.1, 0.15) is 12.0 Å². The number of aryl methyl sites for hydroxylation is 1. The number of ether oxygens (including phenoxy) is 2. The van der Waals surface area contributed by atoms with Gasteiger partial charge in [0.2, 0.25) is 15.8 Å². The van der Waals surface area contributed by atoms with E-state index in [0.717, 1.165) is 0 Å². The Morgan fingerprint density at radius 3 is 2.44 bits per heavy atom. The number of morpholine rings is 1. The van der Waals surface area contributed by atoms with Gasteiger partial charge in [-0.2, -0.15) is 8.42 Å². The molecule has 2 aromatic carbocycles. The van der Waals surface area contributed by atoms with Gasteiger partial charge in [0, 0.05) is 25.6 Å². The van der Waals surface area contributed by atoms with Crippen LogP contribution in [-0.4, -0.2) is 61.1 Å². The predicted octanol–water partition coefficient (Wildman–Crippen LogP) is 0.878. The fourth-order valence-corrected chi connectivity index (χ4v) is 6.39. The summed E-state index contributed by atoms with van der Waals surface area (Å²) in [6, 6.07) is 9.86. The van der Waals surface area contributed by atoms with Crippen molar-refractivity contribution in [1.82, 2.24) is 5.32 Å². The zero-order valence-electron chi connectivity index (χ0n) is 19.5. The van der Waals surface area contributed by atoms with Gasteiger partial charge in [-0.25, -0.2) is 8.42 Å². The van der Waals surface area contributed by atoms with Crippen LogP contribution >= 0.6 is 12.4 Å². The van der Waals surface area contributed by atoms with E-state index in [-0.39, 0.29) is 50.5 Å². The predicted molar refractivity (Wildman–Crippen MR) is 134 cm³/mol. The maximum Gasteiger partial charge on any atom is 0.340 e. The highest BCUT2D eigenvalue weighted by Gasteiger charge is 2.35. The molecule has 3 rings (SSSR count). The highest BCUT2D eigenvalue weighted by molar-refractivity contribution is 7.93. The molecule has 36 heavy (non-hydrogen) atoms. The Morgan fingerprint density at radius 2 is 1.78 bits per heavy atom. The van der Waals surface area contributed by atoms with Crippen molar-refractivity contribution in [3.8, 4) is 11.5 Å². The summed E-state index contributed by atoms with van der Waals surface area (Å²) in [5.74, 6) is 0.143. The molecule has 1 aliphatic rings. The maximum absolute atomic E-state index is 13.1. The van der Waals surface area contributed by atoms with Crippen molar-refractivity contribution >= 4 is 38.3 Å². The molecule has 1 atom stereocenters. The van der Waals surface area contributed by atoms with E-state index in [0.29, 0.717) is 24.3 Å². The number of nitrogens with two attached hydrogens (primary N) is 2. The summed E-state index contributed by atoms with van der Waals surface area (Å²) in [5.41, 5.74) is 9.79. The molecule has 0 spiro atoms. The summed E-state index contributed by atoms with van der Waals surface area (Å²) in [4.78, 5) is 4.00. The van der Waals surface area contributed by atoms with E-state index < -0.39 is 35.2 Å². The molecule has 5 N–H and O–H groups in total. The molecule has 0 radical (unpaired) electrons. The Labute approximate surface area is 216 Å². The SMILES string of the molecule is Cc1cc(OCCCON=C(N)N)cc(OS(=O)(=O)c2ccccc2S(=O)(=O)C2CNCCO2)c1.Cl. The van der Waals surface area contributed by atoms with Crippen LogP contribution in [0.5, 0.6) is 11.5 Å². The Hall–Kier alpha value is -2.78. The van der Waals surface area contributed by atoms with Gasteiger partial charge in [0.15, 0.2) is 5.44 Å². The minimum Gasteiger partial charge on any atom is -0.493 e. The lowest BCUT2D eigenvalue weighted by Gasteiger charge is -2.24. The summed E-state index contributed by atoms with van der Waals surface area (Å²) >= 11 is 0. The average Bonchev–Trinajstić information content (AvgIpc) is 2.81. The van der Waals surface area contributed by atoms with Crippen molar-refractivity contribution in [2.45, 2.75) is 28.6 Å². The standard InChI is InChI=1S/C21H28N4O8S2.ClH/c1-15-11-16(30-8-4-9-32-25-21(22)23)13-17(12-15)33-35(28,29)19-6-3-2-5-18(19)34(26,27)20-14-24-7-10-31-20;/h2-3,5-6,11-13,20,24H,4,7-10,14H2,1H3,(H4,22,23,25);1H. The number of benzene rings is 2. The molecule has 1 unspecified atom stereocenters. The number of nitrogens with zero attached hydrogens (tertiary/aromatic N) is 1. The molecule has 0 aliphatic carbocycles. The van der Waals surface area contributed by atoms with Crippen LogP contribution in [0, 0.1) is 6.92 Å². The van der Waals surface area contributed by atoms with Gasteiger partial charge >= 0.3 is 10.1 Å². The molecule has 1 fully saturated rings. The zero-order chi connectivity index (χ0) is 25.5. The minimum absolute atomic E-state index is 0. The van der Waals surface area contributed by atoms with Gasteiger partial charge < -0.3 is 35.3 Å². The first-order valence-electron chi connectivity index (χ1n) is 10.6. The molecule has 0 bridgehead atoms. The highest BCUT2D eigenvalue weighted by Crippen LogP contribution is 2.30. The van der Waals surface area contributed by atoms with Gasteiger partial charge in [-0.05, 0) is 41.9 Å². The third kappa shape index (κ3) is 7.86. The summed E-state index contributed by atoms with van der Waals surface area (Å²) < 4.78 is 68.8. The van der Waals surface area contributed by atoms with Crippen LogP contribution < -0.4 is 25.7 Å². The average molecular weight is 565 g/mol. The largest absolute Gasteiger partial charge is 0.493 e. The van der Waals surface area contributed by atoms with Crippen molar-refractivity contribution in [3.05, 3.63) is 48.0 Å². The number of hydrogen-bond donors (Lipinski definition) is 3. The second-order valence-corrected chi connectivity index (χ2v) is 11.1. The molecule has 1 saturated heterocycles. The first kappa shape index (κ1) is 29.5. The smallest absolute Gasteiger partial charge is 0.340 e. The fourth-order valence-electron chi connectivity index (χ4n) is 3.22. The number of hydrogen-bond acceptors (Lipinski definition) is 10. The molecule has 0 amide bonds. The molecule has 2 aromatic rings. The zero-order valence-corrected chi connectivity index (χ0v) is 21.9. The monoisotopic (exact) mass is 564 g/mol. The topological polar surface area (TPSA) is 182 Å². The quantitative estimate of drug-likeness (QED) is 0.116. The van der Waals surface area contributed by atoms with Crippen molar-refractivity contribution in [3.63, 3.8) is 0 Å². The Balaban J connectivity index is 0.00000456. The number of guanidine groups is 1. The number of rotatable bonds is 11. The molecule has 1 aliphatic heterocycles. The lowest BCUT2D eigenvalue weighted by atomic mass is 10.2. The van der Waals surface area contributed by atoms with Crippen LogP contribution in [0.2, 0.25) is 0 Å². The first-order valence-corrected chi connectivity index (χ1v) is 13.6. The molecule has 15 heteroatoms. The Bertz CT molecular complexity index is 1260. The molecule has 200 valence electrons. The normalized spacial score (nSPS) is 15.9.